The van der Waals surface area contributed by atoms with Crippen molar-refractivity contribution in [1.29, 1.82) is 0 Å². The van der Waals surface area contributed by atoms with Gasteiger partial charge in [-0.3, -0.25) is 0 Å². The molecular formula is C11H22O2. The normalized spacial score (nSPS) is 29.1. The molecule has 0 N–H and O–H groups in total. The minimum atomic E-state index is -0.270. The maximum Gasteiger partial charge on any atom is 0.168 e. The Kier molecular flexibility index (Phi) is 3.74. The second-order valence-electron chi connectivity index (χ2n) is 3.97. The summed E-state index contributed by atoms with van der Waals surface area (Å²) in [6, 6.07) is 0. The van der Waals surface area contributed by atoms with Gasteiger partial charge in [-0.1, -0.05) is 34.1 Å². The lowest BCUT2D eigenvalue weighted by atomic mass is 10.0. The molecule has 2 unspecified atom stereocenters. The topological polar surface area (TPSA) is 18.5 Å². The highest BCUT2D eigenvalue weighted by Crippen LogP contribution is 2.33. The highest BCUT2D eigenvalue weighted by Gasteiger charge is 2.39. The molecule has 2 nitrogen and oxygen atoms in total. The molecule has 2 atom stereocenters. The van der Waals surface area contributed by atoms with Crippen LogP contribution < -0.4 is 0 Å². The fourth-order valence-corrected chi connectivity index (χ4v) is 1.74. The van der Waals surface area contributed by atoms with Gasteiger partial charge in [0, 0.05) is 0 Å². The third kappa shape index (κ3) is 2.23. The summed E-state index contributed by atoms with van der Waals surface area (Å²) in [5, 5.41) is 0. The van der Waals surface area contributed by atoms with Crippen molar-refractivity contribution in [2.45, 2.75) is 58.8 Å². The summed E-state index contributed by atoms with van der Waals surface area (Å²) in [6.07, 6.45) is 3.38. The molecule has 0 radical (unpaired) electrons. The van der Waals surface area contributed by atoms with E-state index in [1.165, 1.54) is 0 Å². The summed E-state index contributed by atoms with van der Waals surface area (Å²) in [6.45, 7) is 9.46. The minimum absolute atomic E-state index is 0.270. The molecular weight excluding hydrogens is 164 g/mol. The van der Waals surface area contributed by atoms with Crippen LogP contribution >= 0.6 is 0 Å². The molecule has 0 aromatic heterocycles. The molecule has 1 aliphatic rings. The van der Waals surface area contributed by atoms with Crippen molar-refractivity contribution in [3.8, 4) is 0 Å². The summed E-state index contributed by atoms with van der Waals surface area (Å²) in [5.41, 5.74) is 0. The fraction of sp³-hybridized carbons (Fsp3) is 1.00. The van der Waals surface area contributed by atoms with E-state index in [1.807, 2.05) is 0 Å². The van der Waals surface area contributed by atoms with Crippen LogP contribution in [0.3, 0.4) is 0 Å². The largest absolute Gasteiger partial charge is 0.347 e. The molecule has 1 rings (SSSR count). The van der Waals surface area contributed by atoms with Gasteiger partial charge in [-0.05, 0) is 18.8 Å². The highest BCUT2D eigenvalue weighted by atomic mass is 16.7. The summed E-state index contributed by atoms with van der Waals surface area (Å²) in [7, 11) is 0. The van der Waals surface area contributed by atoms with Gasteiger partial charge in [-0.2, -0.15) is 0 Å². The van der Waals surface area contributed by atoms with Gasteiger partial charge >= 0.3 is 0 Å². The lowest BCUT2D eigenvalue weighted by Crippen LogP contribution is -2.30. The zero-order chi connectivity index (χ0) is 9.90. The van der Waals surface area contributed by atoms with Crippen molar-refractivity contribution in [2.75, 3.05) is 6.61 Å². The first-order valence-corrected chi connectivity index (χ1v) is 5.49. The molecule has 0 aromatic carbocycles. The molecule has 1 heterocycles. The molecule has 0 bridgehead atoms. The van der Waals surface area contributed by atoms with Gasteiger partial charge in [-0.15, -0.1) is 0 Å². The third-order valence-corrected chi connectivity index (χ3v) is 3.23. The smallest absolute Gasteiger partial charge is 0.168 e. The Morgan fingerprint density at radius 1 is 1.31 bits per heavy atom. The predicted octanol–water partition coefficient (Wildman–Crippen LogP) is 2.96. The van der Waals surface area contributed by atoms with Crippen LogP contribution in [-0.4, -0.2) is 18.5 Å². The van der Waals surface area contributed by atoms with E-state index in [9.17, 15) is 0 Å². The van der Waals surface area contributed by atoms with Gasteiger partial charge in [0.2, 0.25) is 0 Å². The van der Waals surface area contributed by atoms with E-state index in [1.54, 1.807) is 0 Å². The maximum atomic E-state index is 5.98. The van der Waals surface area contributed by atoms with Crippen molar-refractivity contribution >= 4 is 0 Å². The average molecular weight is 186 g/mol. The molecule has 2 heteroatoms. The Hall–Kier alpha value is -0.0800. The van der Waals surface area contributed by atoms with Crippen LogP contribution in [0.15, 0.2) is 0 Å². The second-order valence-corrected chi connectivity index (χ2v) is 3.97. The van der Waals surface area contributed by atoms with Gasteiger partial charge < -0.3 is 9.47 Å². The van der Waals surface area contributed by atoms with Gasteiger partial charge in [0.1, 0.15) is 0 Å². The molecule has 78 valence electrons. The maximum absolute atomic E-state index is 5.98. The highest BCUT2D eigenvalue weighted by molar-refractivity contribution is 4.79. The molecule has 0 amide bonds. The van der Waals surface area contributed by atoms with Crippen LogP contribution in [0.5, 0.6) is 0 Å². The first-order valence-electron chi connectivity index (χ1n) is 5.49. The van der Waals surface area contributed by atoms with Crippen molar-refractivity contribution in [1.82, 2.24) is 0 Å². The first kappa shape index (κ1) is 11.0. The van der Waals surface area contributed by atoms with Crippen molar-refractivity contribution in [2.24, 2.45) is 5.92 Å². The molecule has 1 aliphatic heterocycles. The molecule has 1 saturated heterocycles. The van der Waals surface area contributed by atoms with Crippen molar-refractivity contribution in [3.05, 3.63) is 0 Å². The first-order chi connectivity index (χ1) is 6.17. The van der Waals surface area contributed by atoms with E-state index in [4.69, 9.17) is 9.47 Å². The number of hydrogen-bond acceptors (Lipinski definition) is 2. The lowest BCUT2D eigenvalue weighted by Gasteiger charge is -2.26. The summed E-state index contributed by atoms with van der Waals surface area (Å²) in [5.74, 6) is 0.341. The van der Waals surface area contributed by atoms with E-state index in [0.29, 0.717) is 12.0 Å². The Labute approximate surface area is 81.6 Å². The van der Waals surface area contributed by atoms with Gasteiger partial charge in [0.15, 0.2) is 5.79 Å². The Morgan fingerprint density at radius 3 is 2.31 bits per heavy atom. The van der Waals surface area contributed by atoms with E-state index in [-0.39, 0.29) is 5.79 Å². The van der Waals surface area contributed by atoms with E-state index in [0.717, 1.165) is 25.9 Å². The monoisotopic (exact) mass is 186 g/mol. The summed E-state index contributed by atoms with van der Waals surface area (Å²) in [4.78, 5) is 0. The number of ether oxygens (including phenoxy) is 2. The lowest BCUT2D eigenvalue weighted by molar-refractivity contribution is -0.176. The van der Waals surface area contributed by atoms with Gasteiger partial charge in [0.05, 0.1) is 12.7 Å². The van der Waals surface area contributed by atoms with Crippen molar-refractivity contribution in [3.63, 3.8) is 0 Å². The van der Waals surface area contributed by atoms with E-state index in [2.05, 4.69) is 27.7 Å². The van der Waals surface area contributed by atoms with Crippen LogP contribution in [-0.2, 0) is 9.47 Å². The van der Waals surface area contributed by atoms with Crippen LogP contribution in [0.4, 0.5) is 0 Å². The molecule has 0 spiro atoms. The average Bonchev–Trinajstić information content (AvgIpc) is 2.61. The summed E-state index contributed by atoms with van der Waals surface area (Å²) >= 11 is 0. The third-order valence-electron chi connectivity index (χ3n) is 3.23. The van der Waals surface area contributed by atoms with Crippen LogP contribution in [0.25, 0.3) is 0 Å². The Morgan fingerprint density at radius 2 is 1.92 bits per heavy atom. The minimum Gasteiger partial charge on any atom is -0.347 e. The SMILES string of the molecule is CCC(C)C1COC(CC)(CC)O1. The van der Waals surface area contributed by atoms with Gasteiger partial charge in [0.25, 0.3) is 0 Å². The van der Waals surface area contributed by atoms with Gasteiger partial charge in [-0.25, -0.2) is 0 Å². The quantitative estimate of drug-likeness (QED) is 0.672. The van der Waals surface area contributed by atoms with E-state index >= 15 is 0 Å². The Balaban J connectivity index is 2.51. The Bertz CT molecular complexity index is 152. The van der Waals surface area contributed by atoms with Crippen molar-refractivity contribution < 1.29 is 9.47 Å². The number of hydrogen-bond donors (Lipinski definition) is 0. The van der Waals surface area contributed by atoms with Crippen LogP contribution in [0, 0.1) is 5.92 Å². The second kappa shape index (κ2) is 4.43. The zero-order valence-corrected chi connectivity index (χ0v) is 9.30. The number of rotatable bonds is 4. The molecule has 13 heavy (non-hydrogen) atoms. The molecule has 0 aliphatic carbocycles. The van der Waals surface area contributed by atoms with E-state index < -0.39 is 0 Å². The van der Waals surface area contributed by atoms with Crippen LogP contribution in [0.1, 0.15) is 47.0 Å². The standard InChI is InChI=1S/C11H22O2/c1-5-9(4)10-8-12-11(6-2,7-3)13-10/h9-10H,5-8H2,1-4H3. The molecule has 0 aromatic rings. The molecule has 0 saturated carbocycles. The zero-order valence-electron chi connectivity index (χ0n) is 9.30. The fourth-order valence-electron chi connectivity index (χ4n) is 1.74. The van der Waals surface area contributed by atoms with Crippen LogP contribution in [0.2, 0.25) is 0 Å². The molecule has 1 fully saturated rings. The summed E-state index contributed by atoms with van der Waals surface area (Å²) < 4.78 is 11.7. The predicted molar refractivity (Wildman–Crippen MR) is 53.6 cm³/mol.